The Balaban J connectivity index is 1.73. The first-order valence-corrected chi connectivity index (χ1v) is 12.7. The molecule has 0 bridgehead atoms. The Bertz CT molecular complexity index is 1230. The number of aromatic nitrogens is 3. The van der Waals surface area contributed by atoms with Crippen molar-refractivity contribution in [3.8, 4) is 0 Å². The molecular weight excluding hydrogens is 481 g/mol. The fourth-order valence-electron chi connectivity index (χ4n) is 4.19. The normalized spacial score (nSPS) is 21.8. The summed E-state index contributed by atoms with van der Waals surface area (Å²) in [6, 6.07) is 2.63. The van der Waals surface area contributed by atoms with Crippen LogP contribution in [-0.4, -0.2) is 44.1 Å². The first kappa shape index (κ1) is 24.6. The van der Waals surface area contributed by atoms with Gasteiger partial charge >= 0.3 is 6.18 Å². The number of hydrogen-bond acceptors (Lipinski definition) is 5. The van der Waals surface area contributed by atoms with Gasteiger partial charge in [-0.1, -0.05) is 0 Å². The molecule has 34 heavy (non-hydrogen) atoms. The third kappa shape index (κ3) is 5.08. The minimum atomic E-state index is -4.86. The molecule has 0 saturated heterocycles. The van der Waals surface area contributed by atoms with Gasteiger partial charge in [-0.15, -0.1) is 0 Å². The fraction of sp³-hybridized carbons (Fsp3) is 0.571. The van der Waals surface area contributed by atoms with E-state index in [4.69, 9.17) is 0 Å². The van der Waals surface area contributed by atoms with Gasteiger partial charge in [0.2, 0.25) is 5.92 Å². The molecule has 13 heteroatoms. The summed E-state index contributed by atoms with van der Waals surface area (Å²) in [5, 5.41) is 6.57. The van der Waals surface area contributed by atoms with E-state index in [1.54, 1.807) is 0 Å². The SMILES string of the molecule is CN=[S@@](C)(=O)c1cc(NC(=O)c2c(C(F)(F)F)c(C3CC3)nn2C[C@@H]2CCC(F)(F)C2)ccn1. The maximum absolute atomic E-state index is 14.1. The molecule has 0 unspecified atom stereocenters. The topological polar surface area (TPSA) is 89.2 Å². The van der Waals surface area contributed by atoms with Gasteiger partial charge in [-0.3, -0.25) is 9.48 Å². The second-order valence-electron chi connectivity index (χ2n) is 8.85. The number of alkyl halides is 5. The highest BCUT2D eigenvalue weighted by Crippen LogP contribution is 2.47. The van der Waals surface area contributed by atoms with Crippen LogP contribution >= 0.6 is 0 Å². The van der Waals surface area contributed by atoms with Gasteiger partial charge in [0.15, 0.2) is 0 Å². The third-order valence-electron chi connectivity index (χ3n) is 6.11. The van der Waals surface area contributed by atoms with E-state index < -0.39 is 57.2 Å². The van der Waals surface area contributed by atoms with Gasteiger partial charge in [-0.2, -0.15) is 18.3 Å². The van der Waals surface area contributed by atoms with Crippen LogP contribution in [0.4, 0.5) is 27.6 Å². The Morgan fingerprint density at radius 3 is 2.59 bits per heavy atom. The first-order valence-electron chi connectivity index (χ1n) is 10.7. The highest BCUT2D eigenvalue weighted by molar-refractivity contribution is 7.92. The van der Waals surface area contributed by atoms with Crippen molar-refractivity contribution in [3.63, 3.8) is 0 Å². The van der Waals surface area contributed by atoms with Crippen molar-refractivity contribution in [2.24, 2.45) is 10.3 Å². The molecule has 2 heterocycles. The average Bonchev–Trinajstić information content (AvgIpc) is 3.43. The summed E-state index contributed by atoms with van der Waals surface area (Å²) in [4.78, 5) is 17.1. The number of nitrogens with one attached hydrogen (secondary N) is 1. The van der Waals surface area contributed by atoms with E-state index in [-0.39, 0.29) is 35.8 Å². The van der Waals surface area contributed by atoms with Crippen molar-refractivity contribution in [3.05, 3.63) is 35.3 Å². The lowest BCUT2D eigenvalue weighted by Crippen LogP contribution is -2.24. The molecular formula is C21H24F5N5O2S. The van der Waals surface area contributed by atoms with E-state index in [2.05, 4.69) is 19.8 Å². The summed E-state index contributed by atoms with van der Waals surface area (Å²) >= 11 is 0. The van der Waals surface area contributed by atoms with Crippen LogP contribution in [0.25, 0.3) is 0 Å². The van der Waals surface area contributed by atoms with Crippen LogP contribution in [0.5, 0.6) is 0 Å². The molecule has 1 amide bonds. The van der Waals surface area contributed by atoms with Crippen LogP contribution in [-0.2, 0) is 22.5 Å². The largest absolute Gasteiger partial charge is 0.420 e. The Morgan fingerprint density at radius 2 is 2.03 bits per heavy atom. The smallest absolute Gasteiger partial charge is 0.320 e. The van der Waals surface area contributed by atoms with Crippen molar-refractivity contribution >= 4 is 21.3 Å². The van der Waals surface area contributed by atoms with Crippen molar-refractivity contribution in [1.29, 1.82) is 0 Å². The highest BCUT2D eigenvalue weighted by Gasteiger charge is 2.47. The summed E-state index contributed by atoms with van der Waals surface area (Å²) in [6.45, 7) is -0.215. The summed E-state index contributed by atoms with van der Waals surface area (Å²) < 4.78 is 86.8. The average molecular weight is 506 g/mol. The lowest BCUT2D eigenvalue weighted by Gasteiger charge is -2.15. The second kappa shape index (κ2) is 8.58. The predicted octanol–water partition coefficient (Wildman–Crippen LogP) is 4.95. The van der Waals surface area contributed by atoms with E-state index >= 15 is 0 Å². The minimum absolute atomic E-state index is 0.0595. The van der Waals surface area contributed by atoms with E-state index in [9.17, 15) is 31.0 Å². The Hall–Kier alpha value is -2.57. The molecule has 2 saturated carbocycles. The van der Waals surface area contributed by atoms with Crippen LogP contribution in [0.3, 0.4) is 0 Å². The minimum Gasteiger partial charge on any atom is -0.320 e. The van der Waals surface area contributed by atoms with Crippen molar-refractivity contribution in [2.45, 2.75) is 61.7 Å². The Kier molecular flexibility index (Phi) is 6.19. The predicted molar refractivity (Wildman–Crippen MR) is 114 cm³/mol. The number of amides is 1. The lowest BCUT2D eigenvalue weighted by molar-refractivity contribution is -0.138. The lowest BCUT2D eigenvalue weighted by atomic mass is 10.1. The second-order valence-corrected chi connectivity index (χ2v) is 11.2. The van der Waals surface area contributed by atoms with Gasteiger partial charge < -0.3 is 5.32 Å². The van der Waals surface area contributed by atoms with E-state index in [1.165, 1.54) is 31.6 Å². The van der Waals surface area contributed by atoms with E-state index in [1.807, 2.05) is 0 Å². The number of anilines is 1. The third-order valence-corrected chi connectivity index (χ3v) is 7.80. The molecule has 2 fully saturated rings. The summed E-state index contributed by atoms with van der Waals surface area (Å²) in [7, 11) is -1.50. The van der Waals surface area contributed by atoms with Crippen LogP contribution in [0.2, 0.25) is 0 Å². The molecule has 2 aromatic rings. The van der Waals surface area contributed by atoms with Gasteiger partial charge in [0.1, 0.15) is 16.3 Å². The number of rotatable bonds is 6. The quantitative estimate of drug-likeness (QED) is 0.563. The van der Waals surface area contributed by atoms with Crippen molar-refractivity contribution in [2.75, 3.05) is 18.6 Å². The number of pyridine rings is 1. The monoisotopic (exact) mass is 505 g/mol. The zero-order chi connectivity index (χ0) is 24.9. The van der Waals surface area contributed by atoms with Crippen LogP contribution in [0.1, 0.15) is 59.8 Å². The molecule has 2 atom stereocenters. The number of carbonyl (C=O) groups is 1. The molecule has 2 aliphatic carbocycles. The van der Waals surface area contributed by atoms with Crippen LogP contribution < -0.4 is 5.32 Å². The van der Waals surface area contributed by atoms with Gasteiger partial charge in [0.25, 0.3) is 5.91 Å². The van der Waals surface area contributed by atoms with Gasteiger partial charge in [0.05, 0.1) is 15.4 Å². The fourth-order valence-corrected chi connectivity index (χ4v) is 4.97. The molecule has 0 radical (unpaired) electrons. The molecule has 186 valence electrons. The zero-order valence-electron chi connectivity index (χ0n) is 18.5. The van der Waals surface area contributed by atoms with Crippen LogP contribution in [0.15, 0.2) is 27.7 Å². The van der Waals surface area contributed by atoms with Crippen molar-refractivity contribution in [1.82, 2.24) is 14.8 Å². The Morgan fingerprint density at radius 1 is 1.32 bits per heavy atom. The number of hydrogen-bond donors (Lipinski definition) is 1. The van der Waals surface area contributed by atoms with Gasteiger partial charge in [-0.05, 0) is 37.3 Å². The standard InChI is InChI=1S/C21H24F5N5O2S/c1-27-34(2,33)15-9-14(6-8-28-15)29-19(32)18-16(21(24,25)26)17(13-3-4-13)30-31(18)11-12-5-7-20(22,23)10-12/h6,8-9,12-13H,3-5,7,10-11H2,1-2H3,(H,28,29,32)/t12-,34+/m1/s1. The maximum atomic E-state index is 14.1. The van der Waals surface area contributed by atoms with Gasteiger partial charge in [-0.25, -0.2) is 22.3 Å². The molecule has 0 aliphatic heterocycles. The summed E-state index contributed by atoms with van der Waals surface area (Å²) in [5.74, 6) is -4.97. The van der Waals surface area contributed by atoms with Gasteiger partial charge in [0, 0.05) is 50.5 Å². The zero-order valence-corrected chi connectivity index (χ0v) is 19.3. The first-order chi connectivity index (χ1) is 15.8. The summed E-state index contributed by atoms with van der Waals surface area (Å²) in [6.07, 6.45) is -1.90. The molecule has 1 N–H and O–H groups in total. The Labute approximate surface area is 193 Å². The molecule has 0 aromatic carbocycles. The molecule has 4 rings (SSSR count). The number of carbonyl (C=O) groups excluding carboxylic acids is 1. The van der Waals surface area contributed by atoms with E-state index in [0.717, 1.165) is 4.68 Å². The molecule has 2 aliphatic rings. The summed E-state index contributed by atoms with van der Waals surface area (Å²) in [5.41, 5.74) is -1.98. The number of halogens is 5. The molecule has 2 aromatic heterocycles. The molecule has 7 nitrogen and oxygen atoms in total. The molecule has 0 spiro atoms. The number of nitrogens with zero attached hydrogens (tertiary/aromatic N) is 4. The highest BCUT2D eigenvalue weighted by atomic mass is 32.2. The van der Waals surface area contributed by atoms with Crippen molar-refractivity contribution < 1.29 is 31.0 Å². The maximum Gasteiger partial charge on any atom is 0.420 e. The van der Waals surface area contributed by atoms with Crippen LogP contribution in [0, 0.1) is 5.92 Å². The van der Waals surface area contributed by atoms with E-state index in [0.29, 0.717) is 12.8 Å².